The summed E-state index contributed by atoms with van der Waals surface area (Å²) in [5.74, 6) is 1.13. The van der Waals surface area contributed by atoms with E-state index in [4.69, 9.17) is 0 Å². The molecule has 1 aliphatic heterocycles. The molecule has 0 radical (unpaired) electrons. The number of hydrogen-bond donors (Lipinski definition) is 0. The summed E-state index contributed by atoms with van der Waals surface area (Å²) >= 11 is 0. The summed E-state index contributed by atoms with van der Waals surface area (Å²) in [6.07, 6.45) is 3.61. The third-order valence-corrected chi connectivity index (χ3v) is 7.82. The molecule has 0 bridgehead atoms. The fourth-order valence-electron chi connectivity index (χ4n) is 5.60. The Bertz CT molecular complexity index is 1500. The van der Waals surface area contributed by atoms with Crippen LogP contribution in [0.4, 0.5) is 0 Å². The monoisotopic (exact) mass is 396 g/mol. The number of imidazole rings is 1. The van der Waals surface area contributed by atoms with Crippen molar-refractivity contribution in [3.05, 3.63) is 65.9 Å². The Balaban J connectivity index is 2.05. The Morgan fingerprint density at radius 3 is 2.27 bits per heavy atom. The van der Waals surface area contributed by atoms with Crippen molar-refractivity contribution in [2.45, 2.75) is 45.4 Å². The van der Waals surface area contributed by atoms with Gasteiger partial charge in [-0.25, -0.2) is 8.97 Å². The molecule has 30 heavy (non-hydrogen) atoms. The summed E-state index contributed by atoms with van der Waals surface area (Å²) in [5, 5.41) is 12.2. The second-order valence-electron chi connectivity index (χ2n) is 9.71. The summed E-state index contributed by atoms with van der Waals surface area (Å²) in [5.41, 5.74) is 6.37. The van der Waals surface area contributed by atoms with Crippen LogP contribution in [0.1, 0.15) is 44.5 Å². The maximum atomic E-state index is 4.12. The van der Waals surface area contributed by atoms with E-state index in [9.17, 15) is 0 Å². The number of nitrogens with zero attached hydrogens (tertiary/aromatic N) is 5. The third kappa shape index (κ3) is 1.78. The van der Waals surface area contributed by atoms with Gasteiger partial charge in [-0.3, -0.25) is 0 Å². The van der Waals surface area contributed by atoms with Gasteiger partial charge in [-0.15, -0.1) is 10.2 Å². The molecule has 0 atom stereocenters. The van der Waals surface area contributed by atoms with Gasteiger partial charge in [0, 0.05) is 16.2 Å². The number of hydrogen-bond acceptors (Lipinski definition) is 2. The number of aryl methyl sites for hydroxylation is 2. The Hall–Kier alpha value is -3.21. The Kier molecular flexibility index (Phi) is 3.10. The molecule has 0 saturated carbocycles. The van der Waals surface area contributed by atoms with Crippen molar-refractivity contribution in [2.24, 2.45) is 7.05 Å². The van der Waals surface area contributed by atoms with Gasteiger partial charge in [0.05, 0.1) is 12.4 Å². The summed E-state index contributed by atoms with van der Waals surface area (Å²) in [6, 6.07) is 13.5. The normalized spacial score (nSPS) is 16.9. The lowest BCUT2D eigenvalue weighted by Crippen LogP contribution is -2.45. The number of pyridine rings is 1. The Labute approximate surface area is 175 Å². The molecule has 150 valence electrons. The van der Waals surface area contributed by atoms with Crippen LogP contribution in [0.3, 0.4) is 0 Å². The van der Waals surface area contributed by atoms with E-state index in [0.29, 0.717) is 0 Å². The Morgan fingerprint density at radius 2 is 1.53 bits per heavy atom. The summed E-state index contributed by atoms with van der Waals surface area (Å²) in [7, 11) is 2.17. The molecule has 3 aromatic heterocycles. The summed E-state index contributed by atoms with van der Waals surface area (Å²) in [6.45, 7) is 11.7. The van der Waals surface area contributed by atoms with E-state index in [2.05, 4.69) is 102 Å². The summed E-state index contributed by atoms with van der Waals surface area (Å²) in [4.78, 5) is 0. The van der Waals surface area contributed by atoms with Crippen LogP contribution in [-0.4, -0.2) is 19.2 Å². The zero-order valence-electron chi connectivity index (χ0n) is 18.4. The average Bonchev–Trinajstić information content (AvgIpc) is 3.33. The standard InChI is InChI=1S/C25H26N5/c1-15-9-7-10-16-17-11-8-12-18-20(17)30-21(25(4,5)24(18,2)3)23(29-13-26-27-14-29)28(6)22(30)19(15)16/h7-14H,1-6H3/q+1. The highest BCUT2D eigenvalue weighted by molar-refractivity contribution is 6.13. The molecular weight excluding hydrogens is 370 g/mol. The van der Waals surface area contributed by atoms with E-state index in [1.165, 1.54) is 44.1 Å². The number of aromatic nitrogens is 5. The van der Waals surface area contributed by atoms with Gasteiger partial charge in [-0.1, -0.05) is 64.1 Å². The molecule has 5 nitrogen and oxygen atoms in total. The minimum Gasteiger partial charge on any atom is -0.231 e. The van der Waals surface area contributed by atoms with Crippen LogP contribution in [0.2, 0.25) is 0 Å². The smallest absolute Gasteiger partial charge is 0.231 e. The molecule has 1 aliphatic rings. The molecule has 0 spiro atoms. The minimum atomic E-state index is -0.117. The SMILES string of the molecule is Cc1cccc2c3cccc4c3n3c(c(-n5cnnc5)[n+](C)c3c12)C(C)(C)C4(C)C. The number of rotatable bonds is 1. The van der Waals surface area contributed by atoms with E-state index in [1.54, 1.807) is 12.7 Å². The van der Waals surface area contributed by atoms with E-state index < -0.39 is 0 Å². The molecule has 2 aromatic carbocycles. The second kappa shape index (κ2) is 5.28. The van der Waals surface area contributed by atoms with Crippen molar-refractivity contribution in [3.8, 4) is 5.82 Å². The lowest BCUT2D eigenvalue weighted by Gasteiger charge is -2.43. The fourth-order valence-corrected chi connectivity index (χ4v) is 5.60. The van der Waals surface area contributed by atoms with Crippen LogP contribution in [-0.2, 0) is 17.9 Å². The zero-order chi connectivity index (χ0) is 21.0. The quantitative estimate of drug-likeness (QED) is 0.308. The lowest BCUT2D eigenvalue weighted by molar-refractivity contribution is -0.638. The largest absolute Gasteiger partial charge is 0.271 e. The molecule has 0 N–H and O–H groups in total. The van der Waals surface area contributed by atoms with Crippen molar-refractivity contribution in [1.29, 1.82) is 0 Å². The molecule has 4 heterocycles. The van der Waals surface area contributed by atoms with Crippen molar-refractivity contribution < 1.29 is 4.57 Å². The van der Waals surface area contributed by atoms with Gasteiger partial charge in [0.25, 0.3) is 5.82 Å². The van der Waals surface area contributed by atoms with Gasteiger partial charge >= 0.3 is 0 Å². The molecule has 5 aromatic rings. The van der Waals surface area contributed by atoms with Crippen molar-refractivity contribution in [3.63, 3.8) is 0 Å². The zero-order valence-corrected chi connectivity index (χ0v) is 18.4. The predicted octanol–water partition coefficient (Wildman–Crippen LogP) is 4.53. The molecular formula is C25H26N5+. The number of para-hydroxylation sites is 1. The van der Waals surface area contributed by atoms with Crippen molar-refractivity contribution in [1.82, 2.24) is 19.2 Å². The van der Waals surface area contributed by atoms with Crippen LogP contribution in [0.15, 0.2) is 49.1 Å². The molecule has 6 rings (SSSR count). The number of benzene rings is 2. The topological polar surface area (TPSA) is 39.0 Å². The van der Waals surface area contributed by atoms with E-state index in [-0.39, 0.29) is 10.8 Å². The van der Waals surface area contributed by atoms with Gasteiger partial charge in [0.1, 0.15) is 5.52 Å². The first-order chi connectivity index (χ1) is 14.3. The first-order valence-corrected chi connectivity index (χ1v) is 10.5. The molecule has 0 amide bonds. The van der Waals surface area contributed by atoms with E-state index >= 15 is 0 Å². The van der Waals surface area contributed by atoms with Gasteiger partial charge < -0.3 is 0 Å². The van der Waals surface area contributed by atoms with Crippen molar-refractivity contribution in [2.75, 3.05) is 0 Å². The van der Waals surface area contributed by atoms with Gasteiger partial charge in [-0.05, 0) is 23.4 Å². The van der Waals surface area contributed by atoms with Crippen LogP contribution >= 0.6 is 0 Å². The minimum absolute atomic E-state index is 0.0545. The van der Waals surface area contributed by atoms with Crippen molar-refractivity contribution >= 4 is 27.3 Å². The van der Waals surface area contributed by atoms with Crippen LogP contribution in [0.25, 0.3) is 33.1 Å². The van der Waals surface area contributed by atoms with Gasteiger partial charge in [0.2, 0.25) is 5.65 Å². The molecule has 0 saturated heterocycles. The third-order valence-electron chi connectivity index (χ3n) is 7.82. The van der Waals surface area contributed by atoms with E-state index in [1.807, 2.05) is 0 Å². The molecule has 0 aliphatic carbocycles. The fraction of sp³-hybridized carbons (Fsp3) is 0.320. The van der Waals surface area contributed by atoms with Gasteiger partial charge in [0.15, 0.2) is 18.3 Å². The van der Waals surface area contributed by atoms with Gasteiger partial charge in [-0.2, -0.15) is 4.57 Å². The second-order valence-corrected chi connectivity index (χ2v) is 9.71. The average molecular weight is 397 g/mol. The maximum absolute atomic E-state index is 4.12. The first-order valence-electron chi connectivity index (χ1n) is 10.5. The summed E-state index contributed by atoms with van der Waals surface area (Å²) < 4.78 is 6.90. The highest BCUT2D eigenvalue weighted by Crippen LogP contribution is 2.52. The Morgan fingerprint density at radius 1 is 0.867 bits per heavy atom. The van der Waals surface area contributed by atoms with Crippen LogP contribution < -0.4 is 4.57 Å². The number of fused-ring (bicyclic) bond motifs is 3. The molecule has 0 unspecified atom stereocenters. The maximum Gasteiger partial charge on any atom is 0.271 e. The lowest BCUT2D eigenvalue weighted by atomic mass is 9.60. The van der Waals surface area contributed by atoms with E-state index in [0.717, 1.165) is 5.82 Å². The highest BCUT2D eigenvalue weighted by Gasteiger charge is 2.52. The first kappa shape index (κ1) is 17.6. The molecule has 5 heteroatoms. The predicted molar refractivity (Wildman–Crippen MR) is 119 cm³/mol. The van der Waals surface area contributed by atoms with Crippen LogP contribution in [0.5, 0.6) is 0 Å². The van der Waals surface area contributed by atoms with Crippen LogP contribution in [0, 0.1) is 6.92 Å². The highest BCUT2D eigenvalue weighted by atomic mass is 15.3. The molecule has 0 fully saturated rings.